The Bertz CT molecular complexity index is 965. The lowest BCUT2D eigenvalue weighted by atomic mass is 9.94. The second-order valence-electron chi connectivity index (χ2n) is 7.19. The molecule has 2 aromatic heterocycles. The fourth-order valence-electron chi connectivity index (χ4n) is 3.96. The van der Waals surface area contributed by atoms with E-state index in [0.717, 1.165) is 30.2 Å². The Balaban J connectivity index is 1.64. The number of fused-ring (bicyclic) bond motifs is 2. The van der Waals surface area contributed by atoms with Gasteiger partial charge in [-0.1, -0.05) is 0 Å². The molecule has 2 N–H and O–H groups in total. The monoisotopic (exact) mass is 346 g/mol. The average Bonchev–Trinajstić information content (AvgIpc) is 3.21. The predicted molar refractivity (Wildman–Crippen MR) is 104 cm³/mol. The van der Waals surface area contributed by atoms with Gasteiger partial charge in [0.25, 0.3) is 0 Å². The van der Waals surface area contributed by atoms with E-state index < -0.39 is 0 Å². The van der Waals surface area contributed by atoms with Gasteiger partial charge in [-0.25, -0.2) is 4.98 Å². The molecule has 4 heterocycles. The zero-order valence-corrected chi connectivity index (χ0v) is 14.8. The Hall–Kier alpha value is -2.66. The summed E-state index contributed by atoms with van der Waals surface area (Å²) in [5.74, 6) is 1.66. The van der Waals surface area contributed by atoms with Crippen LogP contribution in [0.5, 0.6) is 5.75 Å². The molecular weight excluding hydrogens is 324 g/mol. The first kappa shape index (κ1) is 15.6. The first-order chi connectivity index (χ1) is 12.8. The molecule has 0 bridgehead atoms. The van der Waals surface area contributed by atoms with Crippen molar-refractivity contribution in [3.05, 3.63) is 48.4 Å². The van der Waals surface area contributed by atoms with Crippen LogP contribution in [0.1, 0.15) is 31.4 Å². The largest absolute Gasteiger partial charge is 0.485 e. The molecule has 1 aromatic carbocycles. The van der Waals surface area contributed by atoms with Crippen molar-refractivity contribution >= 4 is 16.6 Å². The number of hydrogen-bond donors (Lipinski definition) is 2. The Morgan fingerprint density at radius 1 is 1.15 bits per heavy atom. The summed E-state index contributed by atoms with van der Waals surface area (Å²) < 4.78 is 5.96. The van der Waals surface area contributed by atoms with Gasteiger partial charge in [0.05, 0.1) is 6.54 Å². The molecule has 5 nitrogen and oxygen atoms in total. The molecule has 132 valence electrons. The summed E-state index contributed by atoms with van der Waals surface area (Å²) >= 11 is 0. The van der Waals surface area contributed by atoms with Crippen molar-refractivity contribution in [3.8, 4) is 16.9 Å². The highest BCUT2D eigenvalue weighted by Gasteiger charge is 2.21. The lowest BCUT2D eigenvalue weighted by Gasteiger charge is -2.24. The van der Waals surface area contributed by atoms with Gasteiger partial charge >= 0.3 is 0 Å². The van der Waals surface area contributed by atoms with Crippen LogP contribution in [0.4, 0.5) is 5.82 Å². The normalized spacial score (nSPS) is 21.9. The van der Waals surface area contributed by atoms with Crippen molar-refractivity contribution < 1.29 is 4.74 Å². The number of nitrogens with zero attached hydrogens (tertiary/aromatic N) is 2. The van der Waals surface area contributed by atoms with Crippen LogP contribution in [0.2, 0.25) is 0 Å². The summed E-state index contributed by atoms with van der Waals surface area (Å²) in [7, 11) is 0. The molecule has 1 fully saturated rings. The minimum Gasteiger partial charge on any atom is -0.485 e. The molecule has 2 aliphatic rings. The summed E-state index contributed by atoms with van der Waals surface area (Å²) in [5, 5.41) is 9.39. The standard InChI is InChI=1S/C21H22N4O/c1-13-10-24-21-20(26-13)9-16(11-25-21)15-7-14-4-6-22-12-18(14)17(8-15)19-3-2-5-23-19/h4,6-9,11-13,19,23H,2-3,5,10H2,1H3,(H,24,25). The SMILES string of the molecule is CC1CNc2ncc(-c3cc(C4CCCN4)c4cnccc4c3)cc2O1. The van der Waals surface area contributed by atoms with E-state index in [-0.39, 0.29) is 6.10 Å². The highest BCUT2D eigenvalue weighted by atomic mass is 16.5. The van der Waals surface area contributed by atoms with Gasteiger partial charge in [-0.05, 0) is 67.1 Å². The number of ether oxygens (including phenoxy) is 1. The van der Waals surface area contributed by atoms with Crippen LogP contribution in [0.15, 0.2) is 42.9 Å². The van der Waals surface area contributed by atoms with Crippen molar-refractivity contribution in [2.75, 3.05) is 18.4 Å². The predicted octanol–water partition coefficient (Wildman–Crippen LogP) is 3.91. The van der Waals surface area contributed by atoms with Crippen LogP contribution >= 0.6 is 0 Å². The zero-order valence-electron chi connectivity index (χ0n) is 14.8. The Morgan fingerprint density at radius 2 is 2.12 bits per heavy atom. The summed E-state index contributed by atoms with van der Waals surface area (Å²) in [4.78, 5) is 8.92. The van der Waals surface area contributed by atoms with E-state index in [1.54, 1.807) is 0 Å². The first-order valence-electron chi connectivity index (χ1n) is 9.30. The summed E-state index contributed by atoms with van der Waals surface area (Å²) in [6.07, 6.45) is 8.31. The molecule has 26 heavy (non-hydrogen) atoms. The van der Waals surface area contributed by atoms with Crippen molar-refractivity contribution in [2.45, 2.75) is 31.9 Å². The van der Waals surface area contributed by atoms with E-state index in [2.05, 4.69) is 51.8 Å². The second-order valence-corrected chi connectivity index (χ2v) is 7.19. The average molecular weight is 346 g/mol. The van der Waals surface area contributed by atoms with E-state index in [1.807, 2.05) is 18.6 Å². The van der Waals surface area contributed by atoms with Crippen molar-refractivity contribution in [1.82, 2.24) is 15.3 Å². The maximum atomic E-state index is 5.96. The summed E-state index contributed by atoms with van der Waals surface area (Å²) in [5.41, 5.74) is 3.58. The maximum absolute atomic E-state index is 5.96. The Morgan fingerprint density at radius 3 is 3.00 bits per heavy atom. The van der Waals surface area contributed by atoms with Crippen LogP contribution in [-0.4, -0.2) is 29.2 Å². The van der Waals surface area contributed by atoms with Crippen LogP contribution in [0.25, 0.3) is 21.9 Å². The molecule has 2 aliphatic heterocycles. The molecule has 0 radical (unpaired) electrons. The lowest BCUT2D eigenvalue weighted by Crippen LogP contribution is -2.28. The van der Waals surface area contributed by atoms with E-state index in [9.17, 15) is 0 Å². The maximum Gasteiger partial charge on any atom is 0.168 e. The third-order valence-corrected chi connectivity index (χ3v) is 5.29. The van der Waals surface area contributed by atoms with Gasteiger partial charge in [-0.3, -0.25) is 4.98 Å². The molecule has 0 aliphatic carbocycles. The van der Waals surface area contributed by atoms with E-state index in [0.29, 0.717) is 6.04 Å². The minimum absolute atomic E-state index is 0.153. The summed E-state index contributed by atoms with van der Waals surface area (Å²) in [6, 6.07) is 9.09. The highest BCUT2D eigenvalue weighted by Crippen LogP contribution is 2.36. The van der Waals surface area contributed by atoms with E-state index in [1.165, 1.54) is 34.7 Å². The molecule has 0 amide bonds. The van der Waals surface area contributed by atoms with Gasteiger partial charge < -0.3 is 15.4 Å². The molecule has 1 saturated heterocycles. The number of anilines is 1. The zero-order chi connectivity index (χ0) is 17.5. The lowest BCUT2D eigenvalue weighted by molar-refractivity contribution is 0.225. The number of nitrogens with one attached hydrogen (secondary N) is 2. The molecule has 5 rings (SSSR count). The van der Waals surface area contributed by atoms with Gasteiger partial charge in [0.15, 0.2) is 11.6 Å². The van der Waals surface area contributed by atoms with Crippen LogP contribution < -0.4 is 15.4 Å². The van der Waals surface area contributed by atoms with Crippen molar-refractivity contribution in [3.63, 3.8) is 0 Å². The molecule has 0 saturated carbocycles. The Labute approximate surface area is 152 Å². The quantitative estimate of drug-likeness (QED) is 0.737. The Kier molecular flexibility index (Phi) is 3.75. The van der Waals surface area contributed by atoms with E-state index in [4.69, 9.17) is 4.74 Å². The second kappa shape index (κ2) is 6.25. The highest BCUT2D eigenvalue weighted by molar-refractivity contribution is 5.90. The molecule has 0 spiro atoms. The number of benzene rings is 1. The van der Waals surface area contributed by atoms with Crippen LogP contribution in [-0.2, 0) is 0 Å². The number of pyridine rings is 2. The van der Waals surface area contributed by atoms with Gasteiger partial charge in [0.2, 0.25) is 0 Å². The molecule has 2 unspecified atom stereocenters. The molecule has 3 aromatic rings. The number of hydrogen-bond acceptors (Lipinski definition) is 5. The van der Waals surface area contributed by atoms with Gasteiger partial charge in [0.1, 0.15) is 6.10 Å². The number of aromatic nitrogens is 2. The van der Waals surface area contributed by atoms with Crippen molar-refractivity contribution in [2.24, 2.45) is 0 Å². The fourth-order valence-corrected chi connectivity index (χ4v) is 3.96. The number of rotatable bonds is 2. The van der Waals surface area contributed by atoms with Crippen molar-refractivity contribution in [1.29, 1.82) is 0 Å². The smallest absolute Gasteiger partial charge is 0.168 e. The van der Waals surface area contributed by atoms with Gasteiger partial charge in [-0.15, -0.1) is 0 Å². The molecule has 2 atom stereocenters. The summed E-state index contributed by atoms with van der Waals surface area (Å²) in [6.45, 7) is 3.93. The molecular formula is C21H22N4O. The molecule has 5 heteroatoms. The van der Waals surface area contributed by atoms with Gasteiger partial charge in [-0.2, -0.15) is 0 Å². The third kappa shape index (κ3) is 2.69. The topological polar surface area (TPSA) is 59.1 Å². The fraction of sp³-hybridized carbons (Fsp3) is 0.333. The van der Waals surface area contributed by atoms with Gasteiger partial charge in [0, 0.05) is 35.6 Å². The first-order valence-corrected chi connectivity index (χ1v) is 9.30. The third-order valence-electron chi connectivity index (χ3n) is 5.29. The minimum atomic E-state index is 0.153. The van der Waals surface area contributed by atoms with Crippen LogP contribution in [0, 0.1) is 0 Å². The van der Waals surface area contributed by atoms with E-state index >= 15 is 0 Å². The van der Waals surface area contributed by atoms with Crippen LogP contribution in [0.3, 0.4) is 0 Å².